The molecule has 3 rings (SSSR count). The molecular formula is C13H13F2N3O2. The van der Waals surface area contributed by atoms with Gasteiger partial charge in [-0.2, -0.15) is 4.98 Å². The van der Waals surface area contributed by atoms with Gasteiger partial charge in [0.05, 0.1) is 13.2 Å². The molecule has 1 unspecified atom stereocenters. The van der Waals surface area contributed by atoms with Crippen LogP contribution in [0.2, 0.25) is 0 Å². The Labute approximate surface area is 113 Å². The Bertz CT molecular complexity index is 577. The summed E-state index contributed by atoms with van der Waals surface area (Å²) in [5, 5.41) is 7.01. The number of rotatable bonds is 3. The van der Waals surface area contributed by atoms with Crippen LogP contribution in [0.3, 0.4) is 0 Å². The van der Waals surface area contributed by atoms with Crippen molar-refractivity contribution in [3.05, 3.63) is 47.1 Å². The zero-order chi connectivity index (χ0) is 13.9. The first-order chi connectivity index (χ1) is 9.70. The molecule has 0 spiro atoms. The molecule has 0 radical (unpaired) electrons. The summed E-state index contributed by atoms with van der Waals surface area (Å²) in [5.41, 5.74) is 0.461. The van der Waals surface area contributed by atoms with Crippen molar-refractivity contribution in [2.75, 3.05) is 19.8 Å². The lowest BCUT2D eigenvalue weighted by Gasteiger charge is -2.20. The third-order valence-electron chi connectivity index (χ3n) is 2.99. The summed E-state index contributed by atoms with van der Waals surface area (Å²) in [4.78, 5) is 4.22. The Kier molecular flexibility index (Phi) is 3.70. The van der Waals surface area contributed by atoms with E-state index in [0.29, 0.717) is 30.5 Å². The van der Waals surface area contributed by atoms with Gasteiger partial charge < -0.3 is 14.6 Å². The largest absolute Gasteiger partial charge is 0.378 e. The van der Waals surface area contributed by atoms with Crippen LogP contribution in [0.25, 0.3) is 0 Å². The molecule has 1 aliphatic heterocycles. The molecule has 5 nitrogen and oxygen atoms in total. The minimum Gasteiger partial charge on any atom is -0.378 e. The van der Waals surface area contributed by atoms with Gasteiger partial charge in [-0.3, -0.25) is 0 Å². The highest BCUT2D eigenvalue weighted by molar-refractivity contribution is 5.21. The van der Waals surface area contributed by atoms with Crippen LogP contribution in [-0.4, -0.2) is 29.9 Å². The molecule has 1 fully saturated rings. The molecule has 1 aliphatic rings. The van der Waals surface area contributed by atoms with E-state index in [1.165, 1.54) is 12.1 Å². The van der Waals surface area contributed by atoms with E-state index in [1.807, 2.05) is 0 Å². The van der Waals surface area contributed by atoms with Crippen LogP contribution in [0.15, 0.2) is 22.7 Å². The van der Waals surface area contributed by atoms with Crippen molar-refractivity contribution < 1.29 is 18.0 Å². The fourth-order valence-corrected chi connectivity index (χ4v) is 2.10. The first-order valence-corrected chi connectivity index (χ1v) is 6.29. The molecule has 20 heavy (non-hydrogen) atoms. The van der Waals surface area contributed by atoms with Crippen LogP contribution in [0.1, 0.15) is 23.3 Å². The number of aromatic nitrogens is 2. The molecule has 1 aromatic heterocycles. The van der Waals surface area contributed by atoms with Crippen LogP contribution in [0.5, 0.6) is 0 Å². The smallest absolute Gasteiger partial charge is 0.246 e. The second-order valence-corrected chi connectivity index (χ2v) is 4.58. The van der Waals surface area contributed by atoms with Crippen LogP contribution in [0.4, 0.5) is 8.78 Å². The molecule has 0 amide bonds. The quantitative estimate of drug-likeness (QED) is 0.926. The number of hydrogen-bond acceptors (Lipinski definition) is 5. The Morgan fingerprint density at radius 1 is 1.25 bits per heavy atom. The summed E-state index contributed by atoms with van der Waals surface area (Å²) in [6.45, 7) is 1.84. The molecular weight excluding hydrogens is 268 g/mol. The van der Waals surface area contributed by atoms with Gasteiger partial charge >= 0.3 is 0 Å². The van der Waals surface area contributed by atoms with Crippen molar-refractivity contribution in [1.29, 1.82) is 0 Å². The van der Waals surface area contributed by atoms with Gasteiger partial charge in [-0.1, -0.05) is 5.16 Å². The summed E-state index contributed by atoms with van der Waals surface area (Å²) < 4.78 is 36.6. The lowest BCUT2D eigenvalue weighted by molar-refractivity contribution is 0.0659. The molecule has 106 valence electrons. The van der Waals surface area contributed by atoms with Gasteiger partial charge in [0.2, 0.25) is 5.89 Å². The molecule has 0 saturated carbocycles. The molecule has 2 heterocycles. The van der Waals surface area contributed by atoms with Gasteiger partial charge in [-0.05, 0) is 17.7 Å². The Morgan fingerprint density at radius 2 is 2.05 bits per heavy atom. The third-order valence-corrected chi connectivity index (χ3v) is 2.99. The lowest BCUT2D eigenvalue weighted by Crippen LogP contribution is -2.34. The van der Waals surface area contributed by atoms with E-state index in [2.05, 4.69) is 15.5 Å². The van der Waals surface area contributed by atoms with Crippen LogP contribution in [0, 0.1) is 11.6 Å². The van der Waals surface area contributed by atoms with Crippen LogP contribution in [-0.2, 0) is 11.2 Å². The van der Waals surface area contributed by atoms with Crippen molar-refractivity contribution >= 4 is 0 Å². The van der Waals surface area contributed by atoms with E-state index >= 15 is 0 Å². The first-order valence-electron chi connectivity index (χ1n) is 6.29. The minimum atomic E-state index is -0.619. The number of nitrogens with one attached hydrogen (secondary N) is 1. The zero-order valence-electron chi connectivity index (χ0n) is 10.6. The van der Waals surface area contributed by atoms with E-state index in [4.69, 9.17) is 9.26 Å². The standard InChI is InChI=1S/C13H13F2N3O2/c14-9-3-8(4-10(15)6-9)5-12-17-13(20-18-12)11-7-19-2-1-16-11/h3-4,6,11,16H,1-2,5,7H2. The second kappa shape index (κ2) is 5.64. The third kappa shape index (κ3) is 3.00. The predicted octanol–water partition coefficient (Wildman–Crippen LogP) is 1.60. The number of nitrogens with zero attached hydrogens (tertiary/aromatic N) is 2. The van der Waals surface area contributed by atoms with Crippen LogP contribution < -0.4 is 5.32 Å². The van der Waals surface area contributed by atoms with Crippen molar-refractivity contribution in [1.82, 2.24) is 15.5 Å². The van der Waals surface area contributed by atoms with E-state index in [1.54, 1.807) is 0 Å². The minimum absolute atomic E-state index is 0.130. The number of benzene rings is 1. The average molecular weight is 281 g/mol. The van der Waals surface area contributed by atoms with Crippen molar-refractivity contribution in [3.63, 3.8) is 0 Å². The van der Waals surface area contributed by atoms with Gasteiger partial charge in [-0.15, -0.1) is 0 Å². The summed E-state index contributed by atoms with van der Waals surface area (Å²) in [5.74, 6) is -0.425. The van der Waals surface area contributed by atoms with Gasteiger partial charge in [0.25, 0.3) is 0 Å². The lowest BCUT2D eigenvalue weighted by atomic mass is 10.1. The van der Waals surface area contributed by atoms with E-state index in [0.717, 1.165) is 12.6 Å². The molecule has 1 atom stereocenters. The molecule has 2 aromatic rings. The fourth-order valence-electron chi connectivity index (χ4n) is 2.10. The Hall–Kier alpha value is -1.86. The average Bonchev–Trinajstić information content (AvgIpc) is 2.87. The van der Waals surface area contributed by atoms with Crippen molar-refractivity contribution in [3.8, 4) is 0 Å². The highest BCUT2D eigenvalue weighted by Gasteiger charge is 2.21. The van der Waals surface area contributed by atoms with E-state index < -0.39 is 11.6 Å². The monoisotopic (exact) mass is 281 g/mol. The van der Waals surface area contributed by atoms with Crippen molar-refractivity contribution in [2.24, 2.45) is 0 Å². The fraction of sp³-hybridized carbons (Fsp3) is 0.385. The molecule has 1 N–H and O–H groups in total. The van der Waals surface area contributed by atoms with Gasteiger partial charge in [0.15, 0.2) is 5.82 Å². The summed E-state index contributed by atoms with van der Waals surface area (Å²) in [6, 6.07) is 3.20. The Balaban J connectivity index is 1.73. The molecule has 1 aromatic carbocycles. The predicted molar refractivity (Wildman–Crippen MR) is 65.0 cm³/mol. The van der Waals surface area contributed by atoms with E-state index in [-0.39, 0.29) is 12.5 Å². The first kappa shape index (κ1) is 13.1. The number of halogens is 2. The van der Waals surface area contributed by atoms with E-state index in [9.17, 15) is 8.78 Å². The maximum absolute atomic E-state index is 13.1. The summed E-state index contributed by atoms with van der Waals surface area (Å²) in [6.07, 6.45) is 0.214. The second-order valence-electron chi connectivity index (χ2n) is 4.58. The summed E-state index contributed by atoms with van der Waals surface area (Å²) in [7, 11) is 0. The topological polar surface area (TPSA) is 60.2 Å². The van der Waals surface area contributed by atoms with Crippen LogP contribution >= 0.6 is 0 Å². The number of ether oxygens (including phenoxy) is 1. The van der Waals surface area contributed by atoms with Crippen molar-refractivity contribution in [2.45, 2.75) is 12.5 Å². The zero-order valence-corrected chi connectivity index (χ0v) is 10.6. The Morgan fingerprint density at radius 3 is 2.75 bits per heavy atom. The maximum Gasteiger partial charge on any atom is 0.246 e. The highest BCUT2D eigenvalue weighted by atomic mass is 19.1. The van der Waals surface area contributed by atoms with Gasteiger partial charge in [0, 0.05) is 19.0 Å². The van der Waals surface area contributed by atoms with Gasteiger partial charge in [0.1, 0.15) is 17.7 Å². The number of morpholine rings is 1. The molecule has 0 aliphatic carbocycles. The molecule has 0 bridgehead atoms. The number of hydrogen-bond donors (Lipinski definition) is 1. The SMILES string of the molecule is Fc1cc(F)cc(Cc2noc(C3COCCN3)n2)c1. The highest BCUT2D eigenvalue weighted by Crippen LogP contribution is 2.16. The molecule has 7 heteroatoms. The van der Waals surface area contributed by atoms with Gasteiger partial charge in [-0.25, -0.2) is 8.78 Å². The normalized spacial score (nSPS) is 19.2. The maximum atomic E-state index is 13.1. The molecule has 1 saturated heterocycles. The summed E-state index contributed by atoms with van der Waals surface area (Å²) >= 11 is 0.